The highest BCUT2D eigenvalue weighted by Gasteiger charge is 2.31. The third-order valence-electron chi connectivity index (χ3n) is 2.66. The van der Waals surface area contributed by atoms with E-state index in [2.05, 4.69) is 0 Å². The Balaban J connectivity index is 0.00000162. The molecular weight excluding hydrogens is 286 g/mol. The van der Waals surface area contributed by atoms with Crippen molar-refractivity contribution in [1.82, 2.24) is 4.31 Å². The Morgan fingerprint density at radius 1 is 1.22 bits per heavy atom. The number of hydrogen-bond acceptors (Lipinski definition) is 3. The van der Waals surface area contributed by atoms with E-state index in [1.807, 2.05) is 0 Å². The molecule has 1 heterocycles. The summed E-state index contributed by atoms with van der Waals surface area (Å²) in [5.74, 6) is -1.82. The molecule has 1 aromatic rings. The highest BCUT2D eigenvalue weighted by molar-refractivity contribution is 7.89. The van der Waals surface area contributed by atoms with Gasteiger partial charge in [-0.15, -0.1) is 12.4 Å². The molecule has 0 bridgehead atoms. The van der Waals surface area contributed by atoms with Gasteiger partial charge in [0, 0.05) is 25.2 Å². The third kappa shape index (κ3) is 2.97. The molecule has 1 aliphatic rings. The summed E-state index contributed by atoms with van der Waals surface area (Å²) in [7, 11) is -3.84. The second kappa shape index (κ2) is 5.48. The second-order valence-electron chi connectivity index (χ2n) is 4.02. The molecule has 2 N–H and O–H groups in total. The van der Waals surface area contributed by atoms with Gasteiger partial charge < -0.3 is 5.73 Å². The van der Waals surface area contributed by atoms with Gasteiger partial charge >= 0.3 is 0 Å². The molecule has 4 nitrogen and oxygen atoms in total. The lowest BCUT2D eigenvalue weighted by atomic mass is 10.3. The van der Waals surface area contributed by atoms with E-state index in [0.29, 0.717) is 12.5 Å². The molecule has 1 aromatic carbocycles. The number of rotatable bonds is 2. The van der Waals surface area contributed by atoms with E-state index < -0.39 is 21.7 Å². The zero-order chi connectivity index (χ0) is 12.6. The van der Waals surface area contributed by atoms with Crippen LogP contribution in [0.4, 0.5) is 8.78 Å². The molecule has 0 spiro atoms. The highest BCUT2D eigenvalue weighted by atomic mass is 35.5. The minimum Gasteiger partial charge on any atom is -0.326 e. The molecule has 0 aromatic heterocycles. The van der Waals surface area contributed by atoms with E-state index in [9.17, 15) is 17.2 Å². The van der Waals surface area contributed by atoms with E-state index in [0.717, 1.165) is 16.4 Å². The average molecular weight is 299 g/mol. The summed E-state index contributed by atoms with van der Waals surface area (Å²) < 4.78 is 51.1. The van der Waals surface area contributed by atoms with Gasteiger partial charge in [-0.05, 0) is 18.6 Å². The molecule has 0 saturated carbocycles. The molecule has 1 atom stereocenters. The van der Waals surface area contributed by atoms with Crippen LogP contribution in [0.5, 0.6) is 0 Å². The van der Waals surface area contributed by atoms with E-state index in [1.54, 1.807) is 0 Å². The number of sulfonamides is 1. The Kier molecular flexibility index (Phi) is 4.66. The quantitative estimate of drug-likeness (QED) is 0.889. The number of nitrogens with two attached hydrogens (primary N) is 1. The van der Waals surface area contributed by atoms with Crippen molar-refractivity contribution in [2.75, 3.05) is 13.1 Å². The van der Waals surface area contributed by atoms with Crippen LogP contribution in [0.25, 0.3) is 0 Å². The Hall–Kier alpha value is -0.760. The Labute approximate surface area is 110 Å². The van der Waals surface area contributed by atoms with E-state index >= 15 is 0 Å². The van der Waals surface area contributed by atoms with Crippen LogP contribution in [-0.2, 0) is 10.0 Å². The Morgan fingerprint density at radius 3 is 2.22 bits per heavy atom. The fourth-order valence-electron chi connectivity index (χ4n) is 1.80. The van der Waals surface area contributed by atoms with Crippen molar-refractivity contribution in [3.05, 3.63) is 29.8 Å². The van der Waals surface area contributed by atoms with Crippen LogP contribution in [0.15, 0.2) is 23.1 Å². The number of hydrogen-bond donors (Lipinski definition) is 1. The molecule has 0 amide bonds. The monoisotopic (exact) mass is 298 g/mol. The first-order chi connectivity index (χ1) is 7.89. The standard InChI is InChI=1S/C10H12F2N2O2S.ClH/c11-7-3-8(12)5-10(4-7)17(15,16)14-2-1-9(13)6-14;/h3-5,9H,1-2,6,13H2;1H. The molecule has 8 heteroatoms. The number of halogens is 3. The van der Waals surface area contributed by atoms with E-state index in [-0.39, 0.29) is 36.4 Å². The van der Waals surface area contributed by atoms with Crippen LogP contribution in [-0.4, -0.2) is 31.9 Å². The van der Waals surface area contributed by atoms with Crippen molar-refractivity contribution >= 4 is 22.4 Å². The van der Waals surface area contributed by atoms with Crippen molar-refractivity contribution < 1.29 is 17.2 Å². The lowest BCUT2D eigenvalue weighted by molar-refractivity contribution is 0.470. The molecule has 1 aliphatic heterocycles. The molecule has 1 saturated heterocycles. The summed E-state index contributed by atoms with van der Waals surface area (Å²) in [5, 5.41) is 0. The smallest absolute Gasteiger partial charge is 0.243 e. The first-order valence-corrected chi connectivity index (χ1v) is 6.55. The summed E-state index contributed by atoms with van der Waals surface area (Å²) in [6.07, 6.45) is 0.553. The van der Waals surface area contributed by atoms with Gasteiger partial charge in [0.15, 0.2) is 0 Å². The van der Waals surface area contributed by atoms with Gasteiger partial charge in [0.05, 0.1) is 4.90 Å². The molecule has 18 heavy (non-hydrogen) atoms. The molecule has 0 radical (unpaired) electrons. The average Bonchev–Trinajstić information content (AvgIpc) is 2.64. The van der Waals surface area contributed by atoms with Crippen molar-refractivity contribution in [2.24, 2.45) is 5.73 Å². The van der Waals surface area contributed by atoms with Crippen molar-refractivity contribution in [2.45, 2.75) is 17.4 Å². The van der Waals surface area contributed by atoms with Crippen LogP contribution < -0.4 is 5.73 Å². The summed E-state index contributed by atoms with van der Waals surface area (Å²) in [4.78, 5) is -0.371. The van der Waals surface area contributed by atoms with Crippen molar-refractivity contribution in [1.29, 1.82) is 0 Å². The predicted octanol–water partition coefficient (Wildman–Crippen LogP) is 1.11. The Morgan fingerprint density at radius 2 is 1.78 bits per heavy atom. The molecule has 1 unspecified atom stereocenters. The third-order valence-corrected chi connectivity index (χ3v) is 4.50. The largest absolute Gasteiger partial charge is 0.326 e. The van der Waals surface area contributed by atoms with Gasteiger partial charge in [-0.2, -0.15) is 4.31 Å². The Bertz CT molecular complexity index is 518. The van der Waals surface area contributed by atoms with Gasteiger partial charge in [0.25, 0.3) is 0 Å². The highest BCUT2D eigenvalue weighted by Crippen LogP contribution is 2.21. The minimum atomic E-state index is -3.84. The summed E-state index contributed by atoms with van der Waals surface area (Å²) in [5.41, 5.74) is 5.61. The second-order valence-corrected chi connectivity index (χ2v) is 5.95. The van der Waals surface area contributed by atoms with Crippen LogP contribution in [0.1, 0.15) is 6.42 Å². The first kappa shape index (κ1) is 15.3. The van der Waals surface area contributed by atoms with Crippen LogP contribution >= 0.6 is 12.4 Å². The summed E-state index contributed by atoms with van der Waals surface area (Å²) in [6, 6.07) is 2.03. The zero-order valence-electron chi connectivity index (χ0n) is 9.34. The van der Waals surface area contributed by atoms with Gasteiger partial charge in [0.2, 0.25) is 10.0 Å². The number of benzene rings is 1. The summed E-state index contributed by atoms with van der Waals surface area (Å²) >= 11 is 0. The summed E-state index contributed by atoms with van der Waals surface area (Å²) in [6.45, 7) is 0.460. The molecule has 0 aliphatic carbocycles. The zero-order valence-corrected chi connectivity index (χ0v) is 11.0. The normalized spacial score (nSPS) is 20.7. The molecule has 1 fully saturated rings. The van der Waals surface area contributed by atoms with Crippen LogP contribution in [0, 0.1) is 11.6 Å². The lowest BCUT2D eigenvalue weighted by Gasteiger charge is -2.15. The van der Waals surface area contributed by atoms with Crippen molar-refractivity contribution in [3.8, 4) is 0 Å². The van der Waals surface area contributed by atoms with E-state index in [4.69, 9.17) is 5.73 Å². The maximum atomic E-state index is 13.0. The molecular formula is C10H13ClF2N2O2S. The SMILES string of the molecule is Cl.NC1CCN(S(=O)(=O)c2cc(F)cc(F)c2)C1. The fraction of sp³-hybridized carbons (Fsp3) is 0.400. The van der Waals surface area contributed by atoms with Gasteiger partial charge in [-0.1, -0.05) is 0 Å². The maximum absolute atomic E-state index is 13.0. The van der Waals surface area contributed by atoms with E-state index in [1.165, 1.54) is 0 Å². The molecule has 102 valence electrons. The lowest BCUT2D eigenvalue weighted by Crippen LogP contribution is -2.32. The van der Waals surface area contributed by atoms with Gasteiger partial charge in [0.1, 0.15) is 11.6 Å². The minimum absolute atomic E-state index is 0. The molecule has 2 rings (SSSR count). The maximum Gasteiger partial charge on any atom is 0.243 e. The predicted molar refractivity (Wildman–Crippen MR) is 65.0 cm³/mol. The van der Waals surface area contributed by atoms with Gasteiger partial charge in [-0.3, -0.25) is 0 Å². The first-order valence-electron chi connectivity index (χ1n) is 5.11. The van der Waals surface area contributed by atoms with Gasteiger partial charge in [-0.25, -0.2) is 17.2 Å². The topological polar surface area (TPSA) is 63.4 Å². The van der Waals surface area contributed by atoms with Crippen LogP contribution in [0.3, 0.4) is 0 Å². The van der Waals surface area contributed by atoms with Crippen molar-refractivity contribution in [3.63, 3.8) is 0 Å². The van der Waals surface area contributed by atoms with Crippen LogP contribution in [0.2, 0.25) is 0 Å². The fourth-order valence-corrected chi connectivity index (χ4v) is 3.35. The number of nitrogens with zero attached hydrogens (tertiary/aromatic N) is 1.